The quantitative estimate of drug-likeness (QED) is 0.676. The molecule has 0 aliphatic carbocycles. The zero-order chi connectivity index (χ0) is 14.9. The molecule has 0 radical (unpaired) electrons. The Morgan fingerprint density at radius 3 is 2.45 bits per heavy atom. The lowest BCUT2D eigenvalue weighted by atomic mass is 10.2. The minimum atomic E-state index is -3.75. The Bertz CT molecular complexity index is 760. The molecule has 0 saturated heterocycles. The number of hydrogen-bond donors (Lipinski definition) is 0. The predicted molar refractivity (Wildman–Crippen MR) is 83.4 cm³/mol. The fraction of sp³-hybridized carbons (Fsp3) is 0.0769. The number of halogens is 3. The van der Waals surface area contributed by atoms with Gasteiger partial charge in [-0.2, -0.15) is 0 Å². The molecule has 3 nitrogen and oxygen atoms in total. The first-order valence-electron chi connectivity index (χ1n) is 5.45. The van der Waals surface area contributed by atoms with Crippen LogP contribution in [-0.2, 0) is 9.05 Å². The molecular weight excluding hydrogens is 387 g/mol. The second-order valence-electron chi connectivity index (χ2n) is 4.04. The molecule has 0 fully saturated rings. The maximum Gasteiger partial charge on any atom is 0.261 e. The molecule has 2 aromatic carbocycles. The zero-order valence-corrected chi connectivity index (χ0v) is 14.1. The normalized spacial score (nSPS) is 11.4. The second kappa shape index (κ2) is 5.93. The predicted octanol–water partition coefficient (Wildman–Crippen LogP) is 5.13. The Labute approximate surface area is 135 Å². The van der Waals surface area contributed by atoms with Crippen LogP contribution in [0.1, 0.15) is 5.56 Å². The van der Waals surface area contributed by atoms with Gasteiger partial charge in [-0.05, 0) is 48.9 Å². The average molecular weight is 396 g/mol. The number of ether oxygens (including phenoxy) is 1. The summed E-state index contributed by atoms with van der Waals surface area (Å²) in [6.07, 6.45) is 0. The van der Waals surface area contributed by atoms with E-state index in [1.54, 1.807) is 31.2 Å². The van der Waals surface area contributed by atoms with Gasteiger partial charge in [-0.15, -0.1) is 0 Å². The molecular formula is C13H9BrCl2O3S. The van der Waals surface area contributed by atoms with Crippen molar-refractivity contribution in [2.75, 3.05) is 0 Å². The molecule has 20 heavy (non-hydrogen) atoms. The topological polar surface area (TPSA) is 43.4 Å². The van der Waals surface area contributed by atoms with Gasteiger partial charge in [0.15, 0.2) is 0 Å². The van der Waals surface area contributed by atoms with Gasteiger partial charge in [0.25, 0.3) is 9.05 Å². The molecule has 0 aliphatic heterocycles. The molecule has 106 valence electrons. The van der Waals surface area contributed by atoms with E-state index in [0.29, 0.717) is 22.1 Å². The van der Waals surface area contributed by atoms with Gasteiger partial charge in [-0.3, -0.25) is 0 Å². The number of aryl methyl sites for hydroxylation is 1. The van der Waals surface area contributed by atoms with E-state index < -0.39 is 9.05 Å². The largest absolute Gasteiger partial charge is 0.456 e. The third-order valence-corrected chi connectivity index (χ3v) is 4.82. The van der Waals surface area contributed by atoms with Crippen LogP contribution >= 0.6 is 38.2 Å². The highest BCUT2D eigenvalue weighted by atomic mass is 79.9. The summed E-state index contributed by atoms with van der Waals surface area (Å²) in [6.45, 7) is 1.64. The Balaban J connectivity index is 2.36. The molecule has 0 heterocycles. The molecule has 2 aromatic rings. The molecule has 0 atom stereocenters. The summed E-state index contributed by atoms with van der Waals surface area (Å²) in [7, 11) is 1.57. The van der Waals surface area contributed by atoms with E-state index in [2.05, 4.69) is 15.9 Å². The molecule has 2 rings (SSSR count). The lowest BCUT2D eigenvalue weighted by molar-refractivity contribution is 0.481. The van der Waals surface area contributed by atoms with Crippen molar-refractivity contribution >= 4 is 47.3 Å². The second-order valence-corrected chi connectivity index (χ2v) is 7.90. The van der Waals surface area contributed by atoms with E-state index in [1.165, 1.54) is 12.1 Å². The Kier molecular flexibility index (Phi) is 4.64. The summed E-state index contributed by atoms with van der Waals surface area (Å²) >= 11 is 9.35. The Morgan fingerprint density at radius 2 is 1.85 bits per heavy atom. The van der Waals surface area contributed by atoms with Crippen LogP contribution in [0.25, 0.3) is 0 Å². The van der Waals surface area contributed by atoms with Gasteiger partial charge >= 0.3 is 0 Å². The standard InChI is InChI=1S/C13H9BrCl2O3S/c1-8-6-10(3-5-13(8)20(16,17)18)19-12-7-9(14)2-4-11(12)15/h2-7H,1H3. The third-order valence-electron chi connectivity index (χ3n) is 2.53. The van der Waals surface area contributed by atoms with Crippen LogP contribution in [0.4, 0.5) is 0 Å². The monoisotopic (exact) mass is 394 g/mol. The van der Waals surface area contributed by atoms with Crippen LogP contribution in [0.5, 0.6) is 11.5 Å². The zero-order valence-electron chi connectivity index (χ0n) is 10.2. The van der Waals surface area contributed by atoms with E-state index in [9.17, 15) is 8.42 Å². The highest BCUT2D eigenvalue weighted by molar-refractivity contribution is 9.10. The fourth-order valence-corrected chi connectivity index (χ4v) is 3.33. The smallest absolute Gasteiger partial charge is 0.261 e. The summed E-state index contributed by atoms with van der Waals surface area (Å²) in [6, 6.07) is 9.74. The first kappa shape index (κ1) is 15.6. The lowest BCUT2D eigenvalue weighted by Crippen LogP contribution is -1.95. The maximum absolute atomic E-state index is 11.3. The van der Waals surface area contributed by atoms with Gasteiger partial charge in [0.1, 0.15) is 11.5 Å². The molecule has 0 amide bonds. The van der Waals surface area contributed by atoms with Crippen LogP contribution in [0.15, 0.2) is 45.8 Å². The summed E-state index contributed by atoms with van der Waals surface area (Å²) in [5.74, 6) is 0.952. The van der Waals surface area contributed by atoms with Crippen molar-refractivity contribution < 1.29 is 13.2 Å². The first-order valence-corrected chi connectivity index (χ1v) is 8.93. The van der Waals surface area contributed by atoms with Crippen molar-refractivity contribution in [2.45, 2.75) is 11.8 Å². The fourth-order valence-electron chi connectivity index (χ4n) is 1.64. The van der Waals surface area contributed by atoms with E-state index in [1.807, 2.05) is 0 Å². The van der Waals surface area contributed by atoms with Crippen LogP contribution in [0, 0.1) is 6.92 Å². The Morgan fingerprint density at radius 1 is 1.15 bits per heavy atom. The SMILES string of the molecule is Cc1cc(Oc2cc(Br)ccc2Cl)ccc1S(=O)(=O)Cl. The van der Waals surface area contributed by atoms with Gasteiger partial charge in [0.2, 0.25) is 0 Å². The van der Waals surface area contributed by atoms with Crippen molar-refractivity contribution in [2.24, 2.45) is 0 Å². The molecule has 0 aromatic heterocycles. The van der Waals surface area contributed by atoms with E-state index in [4.69, 9.17) is 27.0 Å². The van der Waals surface area contributed by atoms with Crippen molar-refractivity contribution in [1.29, 1.82) is 0 Å². The minimum Gasteiger partial charge on any atom is -0.456 e. The highest BCUT2D eigenvalue weighted by Crippen LogP contribution is 2.33. The molecule has 0 aliphatic rings. The number of benzene rings is 2. The van der Waals surface area contributed by atoms with E-state index in [-0.39, 0.29) is 4.90 Å². The van der Waals surface area contributed by atoms with E-state index in [0.717, 1.165) is 4.47 Å². The summed E-state index contributed by atoms with van der Waals surface area (Å²) in [5, 5.41) is 0.458. The molecule has 0 spiro atoms. The van der Waals surface area contributed by atoms with Crippen molar-refractivity contribution in [3.05, 3.63) is 51.5 Å². The summed E-state index contributed by atoms with van der Waals surface area (Å²) in [5.41, 5.74) is 0.503. The van der Waals surface area contributed by atoms with Gasteiger partial charge in [-0.25, -0.2) is 8.42 Å². The lowest BCUT2D eigenvalue weighted by Gasteiger charge is -2.10. The average Bonchev–Trinajstić information content (AvgIpc) is 2.32. The van der Waals surface area contributed by atoms with Crippen LogP contribution in [0.3, 0.4) is 0 Å². The maximum atomic E-state index is 11.3. The van der Waals surface area contributed by atoms with Crippen molar-refractivity contribution in [1.82, 2.24) is 0 Å². The van der Waals surface area contributed by atoms with Gasteiger partial charge in [0, 0.05) is 15.2 Å². The van der Waals surface area contributed by atoms with Crippen LogP contribution in [-0.4, -0.2) is 8.42 Å². The van der Waals surface area contributed by atoms with Gasteiger partial charge in [-0.1, -0.05) is 27.5 Å². The molecule has 0 unspecified atom stereocenters. The first-order chi connectivity index (χ1) is 9.27. The van der Waals surface area contributed by atoms with Gasteiger partial charge < -0.3 is 4.74 Å². The van der Waals surface area contributed by atoms with Gasteiger partial charge in [0.05, 0.1) is 9.92 Å². The number of rotatable bonds is 3. The van der Waals surface area contributed by atoms with Crippen molar-refractivity contribution in [3.63, 3.8) is 0 Å². The van der Waals surface area contributed by atoms with Crippen molar-refractivity contribution in [3.8, 4) is 11.5 Å². The third kappa shape index (κ3) is 3.67. The highest BCUT2D eigenvalue weighted by Gasteiger charge is 2.14. The van der Waals surface area contributed by atoms with Crippen LogP contribution in [0.2, 0.25) is 5.02 Å². The Hall–Kier alpha value is -0.750. The summed E-state index contributed by atoms with van der Waals surface area (Å²) < 4.78 is 29.1. The number of hydrogen-bond acceptors (Lipinski definition) is 3. The molecule has 0 bridgehead atoms. The summed E-state index contributed by atoms with van der Waals surface area (Å²) in [4.78, 5) is 0.0619. The van der Waals surface area contributed by atoms with Crippen LogP contribution < -0.4 is 4.74 Å². The molecule has 0 N–H and O–H groups in total. The minimum absolute atomic E-state index is 0.0619. The molecule has 0 saturated carbocycles. The van der Waals surface area contributed by atoms with E-state index >= 15 is 0 Å². The molecule has 7 heteroatoms.